The standard InChI is InChI=1S/C27H50Si/c1-18(2)15-19(3)25-17-27(24-14-10-8-12-22(24)25)28(5,6)26-16-20(4)21-11-7-9-13-23(21)26/h18-27H,7-17H2,1-6H3. The summed E-state index contributed by atoms with van der Waals surface area (Å²) in [5.41, 5.74) is 2.30. The summed E-state index contributed by atoms with van der Waals surface area (Å²) in [7, 11) is -1.22. The molecule has 0 radical (unpaired) electrons. The fourth-order valence-electron chi connectivity index (χ4n) is 9.57. The van der Waals surface area contributed by atoms with E-state index in [-0.39, 0.29) is 0 Å². The minimum atomic E-state index is -1.22. The van der Waals surface area contributed by atoms with E-state index in [0.717, 1.165) is 58.4 Å². The Bertz CT molecular complexity index is 522. The predicted molar refractivity (Wildman–Crippen MR) is 126 cm³/mol. The Hall–Kier alpha value is 0.217. The van der Waals surface area contributed by atoms with Gasteiger partial charge in [-0.3, -0.25) is 0 Å². The second-order valence-corrected chi connectivity index (χ2v) is 18.1. The molecule has 0 saturated heterocycles. The molecule has 162 valence electrons. The van der Waals surface area contributed by atoms with Crippen LogP contribution in [0.4, 0.5) is 0 Å². The maximum absolute atomic E-state index is 2.88. The van der Waals surface area contributed by atoms with Gasteiger partial charge in [0.2, 0.25) is 0 Å². The Morgan fingerprint density at radius 1 is 0.714 bits per heavy atom. The van der Waals surface area contributed by atoms with Crippen LogP contribution in [-0.2, 0) is 0 Å². The van der Waals surface area contributed by atoms with Crippen LogP contribution in [0, 0.1) is 47.3 Å². The van der Waals surface area contributed by atoms with Crippen molar-refractivity contribution < 1.29 is 0 Å². The van der Waals surface area contributed by atoms with Crippen LogP contribution in [0.1, 0.15) is 98.3 Å². The van der Waals surface area contributed by atoms with Crippen molar-refractivity contribution >= 4 is 8.07 Å². The first kappa shape index (κ1) is 21.4. The molecule has 0 N–H and O–H groups in total. The number of rotatable bonds is 5. The molecular weight excluding hydrogens is 352 g/mol. The van der Waals surface area contributed by atoms with Gasteiger partial charge in [-0.15, -0.1) is 0 Å². The summed E-state index contributed by atoms with van der Waals surface area (Å²) in [6.07, 6.45) is 17.2. The molecule has 4 fully saturated rings. The topological polar surface area (TPSA) is 0 Å². The Balaban J connectivity index is 1.56. The first-order valence-electron chi connectivity index (χ1n) is 13.3. The normalized spacial score (nSPS) is 45.1. The predicted octanol–water partition coefficient (Wildman–Crippen LogP) is 8.79. The molecule has 28 heavy (non-hydrogen) atoms. The van der Waals surface area contributed by atoms with E-state index in [0.29, 0.717) is 0 Å². The van der Waals surface area contributed by atoms with Gasteiger partial charge in [0.1, 0.15) is 0 Å². The summed E-state index contributed by atoms with van der Waals surface area (Å²) in [6.45, 7) is 15.9. The molecule has 0 nitrogen and oxygen atoms in total. The van der Waals surface area contributed by atoms with Gasteiger partial charge in [-0.1, -0.05) is 79.3 Å². The highest BCUT2D eigenvalue weighted by Crippen LogP contribution is 2.64. The molecule has 4 saturated carbocycles. The van der Waals surface area contributed by atoms with E-state index in [1.165, 1.54) is 19.3 Å². The van der Waals surface area contributed by atoms with Crippen molar-refractivity contribution in [3.05, 3.63) is 0 Å². The van der Waals surface area contributed by atoms with Crippen molar-refractivity contribution in [1.29, 1.82) is 0 Å². The van der Waals surface area contributed by atoms with Crippen LogP contribution in [0.3, 0.4) is 0 Å². The molecule has 0 aromatic carbocycles. The molecule has 0 spiro atoms. The van der Waals surface area contributed by atoms with Crippen molar-refractivity contribution in [1.82, 2.24) is 0 Å². The largest absolute Gasteiger partial charge is 0.0689 e. The molecule has 0 aromatic rings. The minimum Gasteiger partial charge on any atom is -0.0689 e. The molecular formula is C27H50Si. The van der Waals surface area contributed by atoms with Crippen molar-refractivity contribution in [2.75, 3.05) is 0 Å². The third-order valence-corrected chi connectivity index (χ3v) is 15.9. The lowest BCUT2D eigenvalue weighted by Crippen LogP contribution is -2.43. The van der Waals surface area contributed by atoms with E-state index in [2.05, 4.69) is 40.8 Å². The van der Waals surface area contributed by atoms with Gasteiger partial charge in [-0.25, -0.2) is 0 Å². The molecule has 4 rings (SSSR count). The summed E-state index contributed by atoms with van der Waals surface area (Å²) in [5, 5.41) is 0. The van der Waals surface area contributed by atoms with E-state index in [1.54, 1.807) is 51.4 Å². The van der Waals surface area contributed by atoms with Crippen LogP contribution in [0.2, 0.25) is 24.2 Å². The highest BCUT2D eigenvalue weighted by molar-refractivity contribution is 6.80. The molecule has 0 amide bonds. The van der Waals surface area contributed by atoms with Crippen LogP contribution in [0.15, 0.2) is 0 Å². The third-order valence-electron chi connectivity index (χ3n) is 10.7. The summed E-state index contributed by atoms with van der Waals surface area (Å²) >= 11 is 0. The van der Waals surface area contributed by atoms with Crippen molar-refractivity contribution in [2.24, 2.45) is 47.3 Å². The molecule has 9 atom stereocenters. The van der Waals surface area contributed by atoms with E-state index in [9.17, 15) is 0 Å². The van der Waals surface area contributed by atoms with Gasteiger partial charge in [0, 0.05) is 0 Å². The fraction of sp³-hybridized carbons (Fsp3) is 1.00. The van der Waals surface area contributed by atoms with Gasteiger partial charge in [0.05, 0.1) is 8.07 Å². The average Bonchev–Trinajstić information content (AvgIpc) is 3.21. The first-order valence-corrected chi connectivity index (χ1v) is 16.5. The summed E-state index contributed by atoms with van der Waals surface area (Å²) < 4.78 is 0. The Morgan fingerprint density at radius 3 is 1.82 bits per heavy atom. The molecule has 4 aliphatic rings. The van der Waals surface area contributed by atoms with E-state index < -0.39 is 8.07 Å². The fourth-order valence-corrected chi connectivity index (χ4v) is 15.0. The monoisotopic (exact) mass is 402 g/mol. The summed E-state index contributed by atoms with van der Waals surface area (Å²) in [4.78, 5) is 0. The molecule has 1 heteroatoms. The highest BCUT2D eigenvalue weighted by atomic mass is 28.3. The number of hydrogen-bond acceptors (Lipinski definition) is 0. The minimum absolute atomic E-state index is 0.875. The average molecular weight is 403 g/mol. The SMILES string of the molecule is CC(C)CC(C)C1CC([Si](C)(C)C2CC(C)C3CCCCC32)C2CCCCC12. The molecule has 0 aliphatic heterocycles. The summed E-state index contributed by atoms with van der Waals surface area (Å²) in [6, 6.07) is 0. The van der Waals surface area contributed by atoms with Crippen molar-refractivity contribution in [3.63, 3.8) is 0 Å². The highest BCUT2D eigenvalue weighted by Gasteiger charge is 2.57. The van der Waals surface area contributed by atoms with Gasteiger partial charge >= 0.3 is 0 Å². The smallest absolute Gasteiger partial charge is 0.0541 e. The number of hydrogen-bond donors (Lipinski definition) is 0. The summed E-state index contributed by atoms with van der Waals surface area (Å²) in [5.74, 6) is 8.37. The van der Waals surface area contributed by atoms with Gasteiger partial charge in [-0.2, -0.15) is 0 Å². The van der Waals surface area contributed by atoms with Crippen LogP contribution in [-0.4, -0.2) is 8.07 Å². The first-order chi connectivity index (χ1) is 13.3. The maximum Gasteiger partial charge on any atom is 0.0541 e. The van der Waals surface area contributed by atoms with Gasteiger partial charge < -0.3 is 0 Å². The van der Waals surface area contributed by atoms with Crippen LogP contribution in [0.5, 0.6) is 0 Å². The Labute approximate surface area is 178 Å². The number of fused-ring (bicyclic) bond motifs is 2. The Morgan fingerprint density at radius 2 is 1.21 bits per heavy atom. The second-order valence-electron chi connectivity index (χ2n) is 13.0. The van der Waals surface area contributed by atoms with Crippen molar-refractivity contribution in [2.45, 2.75) is 123 Å². The van der Waals surface area contributed by atoms with Crippen molar-refractivity contribution in [3.8, 4) is 0 Å². The molecule has 0 bridgehead atoms. The van der Waals surface area contributed by atoms with Gasteiger partial charge in [-0.05, 0) is 90.5 Å². The zero-order chi connectivity index (χ0) is 20.1. The zero-order valence-corrected chi connectivity index (χ0v) is 21.1. The van der Waals surface area contributed by atoms with Gasteiger partial charge in [0.25, 0.3) is 0 Å². The maximum atomic E-state index is 2.88. The quantitative estimate of drug-likeness (QED) is 0.403. The van der Waals surface area contributed by atoms with E-state index in [1.807, 2.05) is 0 Å². The molecule has 0 heterocycles. The van der Waals surface area contributed by atoms with Gasteiger partial charge in [0.15, 0.2) is 0 Å². The van der Waals surface area contributed by atoms with E-state index in [4.69, 9.17) is 0 Å². The lowest BCUT2D eigenvalue weighted by molar-refractivity contribution is 0.172. The second kappa shape index (κ2) is 8.39. The zero-order valence-electron chi connectivity index (χ0n) is 20.1. The third kappa shape index (κ3) is 3.80. The lowest BCUT2D eigenvalue weighted by Gasteiger charge is -2.45. The molecule has 0 aromatic heterocycles. The Kier molecular flexibility index (Phi) is 6.43. The van der Waals surface area contributed by atoms with Crippen LogP contribution < -0.4 is 0 Å². The lowest BCUT2D eigenvalue weighted by atomic mass is 9.73. The van der Waals surface area contributed by atoms with E-state index >= 15 is 0 Å². The molecule has 4 aliphatic carbocycles. The van der Waals surface area contributed by atoms with Crippen LogP contribution in [0.25, 0.3) is 0 Å². The molecule has 9 unspecified atom stereocenters. The van der Waals surface area contributed by atoms with Crippen LogP contribution >= 0.6 is 0 Å².